The quantitative estimate of drug-likeness (QED) is 0.828. The smallest absolute Gasteiger partial charge is 0.257 e. The van der Waals surface area contributed by atoms with Gasteiger partial charge >= 0.3 is 0 Å². The molecule has 0 atom stereocenters. The number of benzene rings is 1. The van der Waals surface area contributed by atoms with Crippen LogP contribution in [0.3, 0.4) is 0 Å². The third-order valence-corrected chi connectivity index (χ3v) is 2.67. The van der Waals surface area contributed by atoms with Crippen LogP contribution in [-0.4, -0.2) is 34.2 Å². The average molecular weight is 274 g/mol. The highest BCUT2D eigenvalue weighted by Gasteiger charge is 2.04. The molecule has 0 fully saturated rings. The molecule has 1 heterocycles. The molecule has 1 amide bonds. The van der Waals surface area contributed by atoms with Crippen molar-refractivity contribution in [3.63, 3.8) is 0 Å². The molecule has 1 aromatic carbocycles. The average Bonchev–Trinajstić information content (AvgIpc) is 2.82. The van der Waals surface area contributed by atoms with E-state index in [4.69, 9.17) is 4.74 Å². The van der Waals surface area contributed by atoms with E-state index in [0.717, 1.165) is 11.4 Å². The number of ether oxygens (including phenoxy) is 1. The summed E-state index contributed by atoms with van der Waals surface area (Å²) in [5, 5.41) is 9.52. The van der Waals surface area contributed by atoms with E-state index in [1.54, 1.807) is 0 Å². The Morgan fingerprint density at radius 3 is 2.95 bits per heavy atom. The molecule has 0 saturated heterocycles. The second-order valence-electron chi connectivity index (χ2n) is 4.54. The fraction of sp³-hybridized carbons (Fsp3) is 0.357. The van der Waals surface area contributed by atoms with Crippen LogP contribution in [0.4, 0.5) is 0 Å². The SMILES string of the molecule is Cc1cccc(OCC(=O)NCCc2n[nH]c(C)n2)c1. The summed E-state index contributed by atoms with van der Waals surface area (Å²) < 4.78 is 5.41. The first-order valence-electron chi connectivity index (χ1n) is 6.47. The topological polar surface area (TPSA) is 79.9 Å². The van der Waals surface area contributed by atoms with Crippen LogP contribution in [0.15, 0.2) is 24.3 Å². The van der Waals surface area contributed by atoms with Crippen molar-refractivity contribution in [3.8, 4) is 5.75 Å². The van der Waals surface area contributed by atoms with Crippen LogP contribution in [0.25, 0.3) is 0 Å². The second kappa shape index (κ2) is 6.70. The van der Waals surface area contributed by atoms with Gasteiger partial charge in [-0.3, -0.25) is 9.89 Å². The zero-order valence-electron chi connectivity index (χ0n) is 11.6. The monoisotopic (exact) mass is 274 g/mol. The van der Waals surface area contributed by atoms with Crippen molar-refractivity contribution < 1.29 is 9.53 Å². The first-order valence-corrected chi connectivity index (χ1v) is 6.47. The molecule has 0 unspecified atom stereocenters. The lowest BCUT2D eigenvalue weighted by atomic mass is 10.2. The van der Waals surface area contributed by atoms with Gasteiger partial charge in [0.2, 0.25) is 0 Å². The van der Waals surface area contributed by atoms with Crippen LogP contribution in [0, 0.1) is 13.8 Å². The molecule has 2 aromatic rings. The van der Waals surface area contributed by atoms with Crippen molar-refractivity contribution in [1.82, 2.24) is 20.5 Å². The lowest BCUT2D eigenvalue weighted by Gasteiger charge is -2.07. The molecule has 0 radical (unpaired) electrons. The molecule has 20 heavy (non-hydrogen) atoms. The van der Waals surface area contributed by atoms with Crippen LogP contribution >= 0.6 is 0 Å². The van der Waals surface area contributed by atoms with Gasteiger partial charge in [0.1, 0.15) is 11.6 Å². The molecule has 0 spiro atoms. The maximum Gasteiger partial charge on any atom is 0.257 e. The number of amides is 1. The summed E-state index contributed by atoms with van der Waals surface area (Å²) in [6.45, 7) is 4.32. The molecular weight excluding hydrogens is 256 g/mol. The number of aryl methyl sites for hydroxylation is 2. The number of nitrogens with zero attached hydrogens (tertiary/aromatic N) is 2. The van der Waals surface area contributed by atoms with Crippen LogP contribution in [0.2, 0.25) is 0 Å². The third-order valence-electron chi connectivity index (χ3n) is 2.67. The summed E-state index contributed by atoms with van der Waals surface area (Å²) in [6, 6.07) is 7.60. The minimum Gasteiger partial charge on any atom is -0.484 e. The minimum atomic E-state index is -0.154. The van der Waals surface area contributed by atoms with E-state index in [-0.39, 0.29) is 12.5 Å². The van der Waals surface area contributed by atoms with Gasteiger partial charge in [-0.1, -0.05) is 12.1 Å². The number of H-pyrrole nitrogens is 1. The van der Waals surface area contributed by atoms with Crippen molar-refractivity contribution in [2.24, 2.45) is 0 Å². The van der Waals surface area contributed by atoms with Gasteiger partial charge in [0.05, 0.1) is 0 Å². The summed E-state index contributed by atoms with van der Waals surface area (Å²) >= 11 is 0. The summed E-state index contributed by atoms with van der Waals surface area (Å²) in [7, 11) is 0. The molecule has 0 saturated carbocycles. The predicted molar refractivity (Wildman–Crippen MR) is 74.5 cm³/mol. The van der Waals surface area contributed by atoms with Crippen molar-refractivity contribution >= 4 is 5.91 Å². The van der Waals surface area contributed by atoms with Crippen molar-refractivity contribution in [2.75, 3.05) is 13.2 Å². The zero-order valence-corrected chi connectivity index (χ0v) is 11.6. The largest absolute Gasteiger partial charge is 0.484 e. The number of aromatic nitrogens is 3. The van der Waals surface area contributed by atoms with Gasteiger partial charge in [0, 0.05) is 13.0 Å². The van der Waals surface area contributed by atoms with Gasteiger partial charge in [0.15, 0.2) is 12.4 Å². The van der Waals surface area contributed by atoms with E-state index in [2.05, 4.69) is 20.5 Å². The predicted octanol–water partition coefficient (Wildman–Crippen LogP) is 1.16. The van der Waals surface area contributed by atoms with Gasteiger partial charge in [-0.15, -0.1) is 0 Å². The Hall–Kier alpha value is -2.37. The fourth-order valence-electron chi connectivity index (χ4n) is 1.72. The highest BCUT2D eigenvalue weighted by atomic mass is 16.5. The number of hydrogen-bond acceptors (Lipinski definition) is 4. The zero-order chi connectivity index (χ0) is 14.4. The van der Waals surface area contributed by atoms with Crippen LogP contribution < -0.4 is 10.1 Å². The molecule has 0 aliphatic carbocycles. The Balaban J connectivity index is 1.68. The first-order chi connectivity index (χ1) is 9.63. The van der Waals surface area contributed by atoms with Gasteiger partial charge in [-0.05, 0) is 31.5 Å². The van der Waals surface area contributed by atoms with Gasteiger partial charge < -0.3 is 10.1 Å². The molecule has 1 aromatic heterocycles. The van der Waals surface area contributed by atoms with E-state index in [9.17, 15) is 4.79 Å². The molecule has 106 valence electrons. The molecule has 2 N–H and O–H groups in total. The molecular formula is C14H18N4O2. The van der Waals surface area contributed by atoms with E-state index in [1.807, 2.05) is 38.1 Å². The maximum atomic E-state index is 11.6. The Kier molecular flexibility index (Phi) is 4.70. The number of aromatic amines is 1. The number of hydrogen-bond donors (Lipinski definition) is 2. The standard InChI is InChI=1S/C14H18N4O2/c1-10-4-3-5-12(8-10)20-9-14(19)15-7-6-13-16-11(2)17-18-13/h3-5,8H,6-7,9H2,1-2H3,(H,15,19)(H,16,17,18). The molecule has 6 nitrogen and oxygen atoms in total. The lowest BCUT2D eigenvalue weighted by molar-refractivity contribution is -0.123. The summed E-state index contributed by atoms with van der Waals surface area (Å²) in [4.78, 5) is 15.8. The molecule has 2 rings (SSSR count). The number of rotatable bonds is 6. The third kappa shape index (κ3) is 4.38. The van der Waals surface area contributed by atoms with Crippen LogP contribution in [0.1, 0.15) is 17.2 Å². The first kappa shape index (κ1) is 14.0. The summed E-state index contributed by atoms with van der Waals surface area (Å²) in [5.74, 6) is 2.01. The Morgan fingerprint density at radius 2 is 2.25 bits per heavy atom. The van der Waals surface area contributed by atoms with Gasteiger partial charge in [0.25, 0.3) is 5.91 Å². The second-order valence-corrected chi connectivity index (χ2v) is 4.54. The molecule has 0 aliphatic heterocycles. The summed E-state index contributed by atoms with van der Waals surface area (Å²) in [6.07, 6.45) is 0.598. The highest BCUT2D eigenvalue weighted by molar-refractivity contribution is 5.77. The van der Waals surface area contributed by atoms with E-state index in [1.165, 1.54) is 0 Å². The van der Waals surface area contributed by atoms with Gasteiger partial charge in [-0.25, -0.2) is 4.98 Å². The van der Waals surface area contributed by atoms with Gasteiger partial charge in [-0.2, -0.15) is 5.10 Å². The molecule has 6 heteroatoms. The number of carbonyl (C=O) groups is 1. The summed E-state index contributed by atoms with van der Waals surface area (Å²) in [5.41, 5.74) is 1.10. The van der Waals surface area contributed by atoms with E-state index >= 15 is 0 Å². The normalized spacial score (nSPS) is 10.3. The number of carbonyl (C=O) groups excluding carboxylic acids is 1. The van der Waals surface area contributed by atoms with Crippen molar-refractivity contribution in [2.45, 2.75) is 20.3 Å². The lowest BCUT2D eigenvalue weighted by Crippen LogP contribution is -2.30. The van der Waals surface area contributed by atoms with E-state index < -0.39 is 0 Å². The molecule has 0 bridgehead atoms. The van der Waals surface area contributed by atoms with Crippen molar-refractivity contribution in [3.05, 3.63) is 41.5 Å². The number of nitrogens with one attached hydrogen (secondary N) is 2. The highest BCUT2D eigenvalue weighted by Crippen LogP contribution is 2.11. The van der Waals surface area contributed by atoms with Crippen LogP contribution in [-0.2, 0) is 11.2 Å². The van der Waals surface area contributed by atoms with Crippen molar-refractivity contribution in [1.29, 1.82) is 0 Å². The maximum absolute atomic E-state index is 11.6. The fourth-order valence-corrected chi connectivity index (χ4v) is 1.72. The Labute approximate surface area is 117 Å². The van der Waals surface area contributed by atoms with E-state index in [0.29, 0.717) is 24.5 Å². The Morgan fingerprint density at radius 1 is 1.40 bits per heavy atom. The molecule has 0 aliphatic rings. The Bertz CT molecular complexity index is 580. The minimum absolute atomic E-state index is 0.0104. The van der Waals surface area contributed by atoms with Crippen LogP contribution in [0.5, 0.6) is 5.75 Å².